The molecule has 2 heterocycles. The summed E-state index contributed by atoms with van der Waals surface area (Å²) < 4.78 is 86.2. The van der Waals surface area contributed by atoms with Crippen LogP contribution in [0.15, 0.2) is 58.0 Å². The third-order valence-corrected chi connectivity index (χ3v) is 7.96. The van der Waals surface area contributed by atoms with Gasteiger partial charge in [-0.2, -0.15) is 13.2 Å². The first kappa shape index (κ1) is 28.8. The SMILES string of the molecule is COc1cccc(Nc2ncc(S(=O)(=O)Nc3ccc(C(F)(F)F)c(O[C@]4(C)CCNC4)c3)cc2Br)c1OC. The molecular formula is C25H26BrF3N4O5S. The first-order chi connectivity index (χ1) is 18.3. The summed E-state index contributed by atoms with van der Waals surface area (Å²) in [5.41, 5.74) is -1.42. The number of sulfonamides is 1. The van der Waals surface area contributed by atoms with Gasteiger partial charge in [-0.1, -0.05) is 6.07 Å². The summed E-state index contributed by atoms with van der Waals surface area (Å²) >= 11 is 3.32. The van der Waals surface area contributed by atoms with E-state index in [1.165, 1.54) is 20.3 Å². The molecule has 0 saturated carbocycles. The number of benzene rings is 2. The standard InChI is InChI=1S/C25H26BrF3N4O5S/c1-24(9-10-30-14-24)38-21-11-15(7-8-17(21)25(27,28)29)33-39(34,35)16-12-18(26)23(31-13-16)32-19-5-4-6-20(36-2)22(19)37-3/h4-8,11-13,30,33H,9-10,14H2,1-3H3,(H,31,32)/t24-/m1/s1. The van der Waals surface area contributed by atoms with Crippen molar-refractivity contribution in [3.63, 3.8) is 0 Å². The van der Waals surface area contributed by atoms with Gasteiger partial charge in [0.15, 0.2) is 11.5 Å². The molecule has 1 aromatic heterocycles. The second kappa shape index (κ2) is 11.1. The van der Waals surface area contributed by atoms with E-state index in [4.69, 9.17) is 14.2 Å². The Balaban J connectivity index is 1.59. The van der Waals surface area contributed by atoms with Gasteiger partial charge in [-0.15, -0.1) is 0 Å². The van der Waals surface area contributed by atoms with Crippen molar-refractivity contribution in [2.45, 2.75) is 30.0 Å². The van der Waals surface area contributed by atoms with E-state index >= 15 is 0 Å². The third-order valence-electron chi connectivity index (χ3n) is 6.01. The Kier molecular flexibility index (Phi) is 8.19. The molecule has 2 aromatic carbocycles. The predicted molar refractivity (Wildman–Crippen MR) is 144 cm³/mol. The van der Waals surface area contributed by atoms with Gasteiger partial charge in [0.05, 0.1) is 35.6 Å². The zero-order valence-electron chi connectivity index (χ0n) is 21.1. The molecule has 0 amide bonds. The highest BCUT2D eigenvalue weighted by atomic mass is 79.9. The fourth-order valence-corrected chi connectivity index (χ4v) is 5.66. The number of pyridine rings is 1. The van der Waals surface area contributed by atoms with Crippen molar-refractivity contribution in [1.82, 2.24) is 10.3 Å². The van der Waals surface area contributed by atoms with Crippen LogP contribution in [0.3, 0.4) is 0 Å². The lowest BCUT2D eigenvalue weighted by Crippen LogP contribution is -2.35. The summed E-state index contributed by atoms with van der Waals surface area (Å²) in [6.45, 7) is 2.66. The maximum Gasteiger partial charge on any atom is 0.419 e. The minimum Gasteiger partial charge on any atom is -0.493 e. The van der Waals surface area contributed by atoms with Gasteiger partial charge < -0.3 is 24.8 Å². The largest absolute Gasteiger partial charge is 0.493 e. The molecule has 0 bridgehead atoms. The average Bonchev–Trinajstić information content (AvgIpc) is 3.29. The molecule has 0 unspecified atom stereocenters. The Labute approximate surface area is 232 Å². The van der Waals surface area contributed by atoms with Crippen molar-refractivity contribution in [2.75, 3.05) is 37.3 Å². The molecule has 9 nitrogen and oxygen atoms in total. The number of anilines is 3. The summed E-state index contributed by atoms with van der Waals surface area (Å²) in [6, 6.07) is 9.38. The molecule has 39 heavy (non-hydrogen) atoms. The normalized spacial score (nSPS) is 17.5. The number of halogens is 4. The van der Waals surface area contributed by atoms with E-state index in [-0.39, 0.29) is 10.6 Å². The van der Waals surface area contributed by atoms with E-state index in [0.717, 1.165) is 24.4 Å². The fourth-order valence-electron chi connectivity index (χ4n) is 4.04. The lowest BCUT2D eigenvalue weighted by molar-refractivity contribution is -0.139. The molecule has 3 N–H and O–H groups in total. The Morgan fingerprint density at radius 3 is 2.49 bits per heavy atom. The molecule has 1 aliphatic rings. The maximum absolute atomic E-state index is 13.6. The number of nitrogens with one attached hydrogen (secondary N) is 3. The fraction of sp³-hybridized carbons (Fsp3) is 0.320. The van der Waals surface area contributed by atoms with E-state index in [1.54, 1.807) is 25.1 Å². The van der Waals surface area contributed by atoms with Gasteiger partial charge >= 0.3 is 6.18 Å². The molecule has 0 spiro atoms. The van der Waals surface area contributed by atoms with E-state index in [0.29, 0.717) is 47.0 Å². The Bertz CT molecular complexity index is 1460. The summed E-state index contributed by atoms with van der Waals surface area (Å²) in [4.78, 5) is 3.98. The highest BCUT2D eigenvalue weighted by Crippen LogP contribution is 2.41. The molecule has 3 aromatic rings. The number of nitrogens with zero attached hydrogens (tertiary/aromatic N) is 1. The van der Waals surface area contributed by atoms with Crippen LogP contribution < -0.4 is 29.6 Å². The first-order valence-corrected chi connectivity index (χ1v) is 13.9. The van der Waals surface area contributed by atoms with Crippen LogP contribution in [0.4, 0.5) is 30.4 Å². The van der Waals surface area contributed by atoms with Crippen LogP contribution in [-0.4, -0.2) is 46.3 Å². The monoisotopic (exact) mass is 630 g/mol. The lowest BCUT2D eigenvalue weighted by Gasteiger charge is -2.27. The Morgan fingerprint density at radius 2 is 1.87 bits per heavy atom. The van der Waals surface area contributed by atoms with Crippen molar-refractivity contribution in [1.29, 1.82) is 0 Å². The van der Waals surface area contributed by atoms with Gasteiger partial charge in [0.1, 0.15) is 22.1 Å². The third kappa shape index (κ3) is 6.50. The molecule has 0 radical (unpaired) electrons. The molecule has 14 heteroatoms. The molecule has 210 valence electrons. The number of aromatic nitrogens is 1. The molecule has 1 saturated heterocycles. The number of ether oxygens (including phenoxy) is 3. The van der Waals surface area contributed by atoms with Crippen LogP contribution in [0.25, 0.3) is 0 Å². The molecule has 0 aliphatic carbocycles. The quantitative estimate of drug-likeness (QED) is 0.282. The maximum atomic E-state index is 13.6. The van der Waals surface area contributed by atoms with E-state index in [1.807, 2.05) is 0 Å². The second-order valence-electron chi connectivity index (χ2n) is 8.96. The van der Waals surface area contributed by atoms with Gasteiger partial charge in [0.2, 0.25) is 0 Å². The predicted octanol–water partition coefficient (Wildman–Crippen LogP) is 5.56. The number of hydrogen-bond acceptors (Lipinski definition) is 8. The van der Waals surface area contributed by atoms with Crippen LogP contribution in [0.2, 0.25) is 0 Å². The topological polar surface area (TPSA) is 111 Å². The van der Waals surface area contributed by atoms with Gasteiger partial charge in [-0.05, 0) is 59.7 Å². The number of methoxy groups -OCH3 is 2. The highest BCUT2D eigenvalue weighted by Gasteiger charge is 2.38. The summed E-state index contributed by atoms with van der Waals surface area (Å²) in [5, 5.41) is 6.11. The minimum absolute atomic E-state index is 0.0907. The van der Waals surface area contributed by atoms with Crippen LogP contribution in [0.5, 0.6) is 17.2 Å². The zero-order valence-corrected chi connectivity index (χ0v) is 23.6. The van der Waals surface area contributed by atoms with Crippen LogP contribution in [-0.2, 0) is 16.2 Å². The molecule has 1 aliphatic heterocycles. The van der Waals surface area contributed by atoms with Crippen molar-refractivity contribution in [2.24, 2.45) is 0 Å². The van der Waals surface area contributed by atoms with Gasteiger partial charge in [-0.3, -0.25) is 4.72 Å². The van der Waals surface area contributed by atoms with Gasteiger partial charge in [0, 0.05) is 25.2 Å². The number of rotatable bonds is 9. The molecule has 4 rings (SSSR count). The van der Waals surface area contributed by atoms with Crippen LogP contribution in [0.1, 0.15) is 18.9 Å². The molecular weight excluding hydrogens is 605 g/mol. The molecule has 1 atom stereocenters. The number of hydrogen-bond donors (Lipinski definition) is 3. The van der Waals surface area contributed by atoms with Gasteiger partial charge in [-0.25, -0.2) is 13.4 Å². The van der Waals surface area contributed by atoms with Gasteiger partial charge in [0.25, 0.3) is 10.0 Å². The van der Waals surface area contributed by atoms with Crippen LogP contribution in [0, 0.1) is 0 Å². The summed E-state index contributed by atoms with van der Waals surface area (Å²) in [6.07, 6.45) is -3.06. The smallest absolute Gasteiger partial charge is 0.419 e. The summed E-state index contributed by atoms with van der Waals surface area (Å²) in [7, 11) is -1.24. The minimum atomic E-state index is -4.68. The number of para-hydroxylation sites is 1. The van der Waals surface area contributed by atoms with Crippen molar-refractivity contribution in [3.05, 3.63) is 58.7 Å². The van der Waals surface area contributed by atoms with Crippen molar-refractivity contribution in [3.8, 4) is 17.2 Å². The second-order valence-corrected chi connectivity index (χ2v) is 11.5. The summed E-state index contributed by atoms with van der Waals surface area (Å²) in [5.74, 6) is 0.749. The Hall–Kier alpha value is -3.23. The van der Waals surface area contributed by atoms with Crippen molar-refractivity contribution < 1.29 is 35.8 Å². The van der Waals surface area contributed by atoms with E-state index in [9.17, 15) is 21.6 Å². The lowest BCUT2D eigenvalue weighted by atomic mass is 10.1. The Morgan fingerprint density at radius 1 is 1.10 bits per heavy atom. The van der Waals surface area contributed by atoms with Crippen LogP contribution >= 0.6 is 15.9 Å². The van der Waals surface area contributed by atoms with E-state index < -0.39 is 33.1 Å². The molecule has 1 fully saturated rings. The average molecular weight is 631 g/mol. The zero-order chi connectivity index (χ0) is 28.4. The van der Waals surface area contributed by atoms with E-state index in [2.05, 4.69) is 36.3 Å². The van der Waals surface area contributed by atoms with Crippen molar-refractivity contribution >= 4 is 43.1 Å². The highest BCUT2D eigenvalue weighted by molar-refractivity contribution is 9.10. The number of alkyl halides is 3. The first-order valence-electron chi connectivity index (χ1n) is 11.6.